The van der Waals surface area contributed by atoms with Crippen molar-refractivity contribution in [2.75, 3.05) is 7.11 Å². The molecular weight excluding hydrogens is 271 g/mol. The molecular formula is C16H14FN2O2. The number of pyridine rings is 1. The Bertz CT molecular complexity index is 796. The van der Waals surface area contributed by atoms with E-state index in [0.29, 0.717) is 22.3 Å². The van der Waals surface area contributed by atoms with Gasteiger partial charge >= 0.3 is 0 Å². The van der Waals surface area contributed by atoms with Gasteiger partial charge in [-0.25, -0.2) is 9.37 Å². The van der Waals surface area contributed by atoms with Crippen LogP contribution in [0.2, 0.25) is 0 Å². The van der Waals surface area contributed by atoms with Crippen LogP contribution in [0.15, 0.2) is 29.0 Å². The van der Waals surface area contributed by atoms with Crippen LogP contribution in [0.4, 0.5) is 4.39 Å². The van der Waals surface area contributed by atoms with Crippen LogP contribution < -0.4 is 4.74 Å². The molecule has 1 aromatic carbocycles. The highest BCUT2D eigenvalue weighted by atomic mass is 19.1. The molecule has 21 heavy (non-hydrogen) atoms. The van der Waals surface area contributed by atoms with Gasteiger partial charge in [-0.05, 0) is 18.1 Å². The van der Waals surface area contributed by atoms with E-state index in [1.54, 1.807) is 18.2 Å². The quantitative estimate of drug-likeness (QED) is 0.730. The second-order valence-electron chi connectivity index (χ2n) is 5.04. The molecule has 0 aliphatic heterocycles. The first-order valence-corrected chi connectivity index (χ1v) is 6.62. The summed E-state index contributed by atoms with van der Waals surface area (Å²) in [5, 5.41) is 4.23. The summed E-state index contributed by atoms with van der Waals surface area (Å²) < 4.78 is 25.1. The molecule has 2 aromatic heterocycles. The third-order valence-corrected chi connectivity index (χ3v) is 3.41. The molecule has 4 nitrogen and oxygen atoms in total. The van der Waals surface area contributed by atoms with E-state index in [9.17, 15) is 4.39 Å². The van der Waals surface area contributed by atoms with Gasteiger partial charge in [0.25, 0.3) is 0 Å². The number of rotatable bonds is 3. The highest BCUT2D eigenvalue weighted by Gasteiger charge is 2.21. The van der Waals surface area contributed by atoms with Crippen LogP contribution in [0.25, 0.3) is 22.2 Å². The normalized spacial score (nSPS) is 11.3. The van der Waals surface area contributed by atoms with Crippen LogP contribution in [0.1, 0.15) is 25.3 Å². The van der Waals surface area contributed by atoms with Crippen molar-refractivity contribution in [1.82, 2.24) is 10.1 Å². The molecule has 0 atom stereocenters. The van der Waals surface area contributed by atoms with Crippen LogP contribution in [0.5, 0.6) is 5.75 Å². The highest BCUT2D eigenvalue weighted by Crippen LogP contribution is 2.34. The average Bonchev–Trinajstić information content (AvgIpc) is 2.96. The molecule has 0 fully saturated rings. The third kappa shape index (κ3) is 2.14. The number of fused-ring (bicyclic) bond motifs is 1. The van der Waals surface area contributed by atoms with Crippen LogP contribution in [0.3, 0.4) is 0 Å². The molecule has 0 bridgehead atoms. The SMILES string of the molecule is COc1cccc2n[c]c(-c3nocc3C(C)C)c(F)c12. The lowest BCUT2D eigenvalue weighted by Crippen LogP contribution is -1.97. The molecule has 3 rings (SSSR count). The first-order valence-electron chi connectivity index (χ1n) is 6.62. The van der Waals surface area contributed by atoms with E-state index in [1.807, 2.05) is 13.8 Å². The highest BCUT2D eigenvalue weighted by molar-refractivity contribution is 5.89. The lowest BCUT2D eigenvalue weighted by Gasteiger charge is -2.09. The molecule has 0 amide bonds. The van der Waals surface area contributed by atoms with Crippen molar-refractivity contribution in [3.05, 3.63) is 42.0 Å². The van der Waals surface area contributed by atoms with Gasteiger partial charge in [-0.15, -0.1) is 0 Å². The number of ether oxygens (including phenoxy) is 1. The number of hydrogen-bond acceptors (Lipinski definition) is 4. The zero-order valence-electron chi connectivity index (χ0n) is 12.0. The molecule has 2 heterocycles. The Morgan fingerprint density at radius 3 is 2.86 bits per heavy atom. The molecule has 0 aliphatic rings. The second kappa shape index (κ2) is 5.16. The molecule has 0 saturated carbocycles. The van der Waals surface area contributed by atoms with Crippen LogP contribution in [0, 0.1) is 12.0 Å². The van der Waals surface area contributed by atoms with E-state index in [2.05, 4.69) is 16.3 Å². The van der Waals surface area contributed by atoms with Crippen molar-refractivity contribution < 1.29 is 13.7 Å². The number of halogens is 1. The Hall–Kier alpha value is -2.43. The van der Waals surface area contributed by atoms with E-state index in [4.69, 9.17) is 9.26 Å². The summed E-state index contributed by atoms with van der Waals surface area (Å²) >= 11 is 0. The van der Waals surface area contributed by atoms with Gasteiger partial charge in [0.2, 0.25) is 0 Å². The Morgan fingerprint density at radius 2 is 2.14 bits per heavy atom. The topological polar surface area (TPSA) is 48.2 Å². The summed E-state index contributed by atoms with van der Waals surface area (Å²) in [6.07, 6.45) is 4.25. The lowest BCUT2D eigenvalue weighted by atomic mass is 9.99. The zero-order valence-corrected chi connectivity index (χ0v) is 12.0. The van der Waals surface area contributed by atoms with Crippen molar-refractivity contribution in [3.8, 4) is 17.0 Å². The van der Waals surface area contributed by atoms with E-state index in [1.165, 1.54) is 13.4 Å². The standard InChI is InChI=1S/C16H14FN2O2/c1-9(2)11-8-21-19-16(11)10-7-18-12-5-4-6-13(20-3)14(12)15(10)17/h4-6,8-9H,1-3H3. The second-order valence-corrected chi connectivity index (χ2v) is 5.04. The van der Waals surface area contributed by atoms with Gasteiger partial charge in [-0.1, -0.05) is 25.1 Å². The van der Waals surface area contributed by atoms with Crippen molar-refractivity contribution in [2.24, 2.45) is 0 Å². The Morgan fingerprint density at radius 1 is 1.33 bits per heavy atom. The van der Waals surface area contributed by atoms with Gasteiger partial charge in [-0.2, -0.15) is 0 Å². The Kier molecular flexibility index (Phi) is 3.33. The molecule has 3 aromatic rings. The molecule has 0 aliphatic carbocycles. The van der Waals surface area contributed by atoms with E-state index >= 15 is 0 Å². The molecule has 5 heteroatoms. The van der Waals surface area contributed by atoms with Crippen molar-refractivity contribution in [2.45, 2.75) is 19.8 Å². The van der Waals surface area contributed by atoms with E-state index in [-0.39, 0.29) is 11.5 Å². The van der Waals surface area contributed by atoms with Crippen molar-refractivity contribution in [3.63, 3.8) is 0 Å². The molecule has 1 radical (unpaired) electrons. The van der Waals surface area contributed by atoms with Gasteiger partial charge in [0.15, 0.2) is 0 Å². The number of aromatic nitrogens is 2. The Balaban J connectivity index is 2.29. The minimum Gasteiger partial charge on any atom is -0.496 e. The van der Waals surface area contributed by atoms with Crippen LogP contribution in [-0.2, 0) is 0 Å². The lowest BCUT2D eigenvalue weighted by molar-refractivity contribution is 0.417. The maximum atomic E-state index is 14.9. The largest absolute Gasteiger partial charge is 0.496 e. The Labute approximate surface area is 121 Å². The smallest absolute Gasteiger partial charge is 0.148 e. The van der Waals surface area contributed by atoms with Crippen LogP contribution >= 0.6 is 0 Å². The predicted octanol–water partition coefficient (Wildman–Crippen LogP) is 3.96. The fourth-order valence-corrected chi connectivity index (χ4v) is 2.29. The minimum atomic E-state index is -0.451. The number of methoxy groups -OCH3 is 1. The monoisotopic (exact) mass is 285 g/mol. The maximum absolute atomic E-state index is 14.9. The van der Waals surface area contributed by atoms with Crippen molar-refractivity contribution in [1.29, 1.82) is 0 Å². The fourth-order valence-electron chi connectivity index (χ4n) is 2.29. The molecule has 0 saturated heterocycles. The van der Waals surface area contributed by atoms with Gasteiger partial charge in [0.1, 0.15) is 29.7 Å². The molecule has 0 spiro atoms. The average molecular weight is 285 g/mol. The van der Waals surface area contributed by atoms with Gasteiger partial charge < -0.3 is 9.26 Å². The van der Waals surface area contributed by atoms with E-state index in [0.717, 1.165) is 5.56 Å². The number of benzene rings is 1. The molecule has 0 N–H and O–H groups in total. The fraction of sp³-hybridized carbons (Fsp3) is 0.250. The summed E-state index contributed by atoms with van der Waals surface area (Å²) in [6, 6.07) is 5.17. The first-order chi connectivity index (χ1) is 10.1. The van der Waals surface area contributed by atoms with E-state index < -0.39 is 5.82 Å². The molecule has 0 unspecified atom stereocenters. The number of nitrogens with zero attached hydrogens (tertiary/aromatic N) is 2. The minimum absolute atomic E-state index is 0.160. The summed E-state index contributed by atoms with van der Waals surface area (Å²) in [6.45, 7) is 3.98. The van der Waals surface area contributed by atoms with Crippen molar-refractivity contribution >= 4 is 10.9 Å². The summed E-state index contributed by atoms with van der Waals surface area (Å²) in [5.74, 6) is 0.142. The summed E-state index contributed by atoms with van der Waals surface area (Å²) in [7, 11) is 1.50. The summed E-state index contributed by atoms with van der Waals surface area (Å²) in [5.41, 5.74) is 1.94. The zero-order chi connectivity index (χ0) is 15.0. The van der Waals surface area contributed by atoms with Crippen LogP contribution in [-0.4, -0.2) is 17.3 Å². The van der Waals surface area contributed by atoms with Gasteiger partial charge in [0.05, 0.1) is 23.6 Å². The van der Waals surface area contributed by atoms with Gasteiger partial charge in [0, 0.05) is 5.56 Å². The maximum Gasteiger partial charge on any atom is 0.148 e. The third-order valence-electron chi connectivity index (χ3n) is 3.41. The van der Waals surface area contributed by atoms with Gasteiger partial charge in [-0.3, -0.25) is 0 Å². The summed E-state index contributed by atoms with van der Waals surface area (Å²) in [4.78, 5) is 4.18. The predicted molar refractivity (Wildman–Crippen MR) is 76.7 cm³/mol. The molecule has 107 valence electrons. The first kappa shape index (κ1) is 13.5. The number of hydrogen-bond donors (Lipinski definition) is 0.